The first-order valence-corrected chi connectivity index (χ1v) is 6.35. The minimum atomic E-state index is -0.124. The molecule has 0 radical (unpaired) electrons. The monoisotopic (exact) mass is 239 g/mol. The number of furan rings is 1. The van der Waals surface area contributed by atoms with E-state index in [9.17, 15) is 0 Å². The van der Waals surface area contributed by atoms with Crippen LogP contribution in [0.25, 0.3) is 0 Å². The summed E-state index contributed by atoms with van der Waals surface area (Å²) in [4.78, 5) is 0. The number of rotatable bonds is 6. The second kappa shape index (κ2) is 6.22. The van der Waals surface area contributed by atoms with Gasteiger partial charge in [0.25, 0.3) is 0 Å². The van der Waals surface area contributed by atoms with Crippen LogP contribution < -0.4 is 5.32 Å². The molecule has 0 fully saturated rings. The first-order chi connectivity index (χ1) is 7.92. The smallest absolute Gasteiger partial charge is 0.130 e. The standard InChI is InChI=1S/C14H25NO2/c1-6-7-15-9-13-11(2)8-12(17-13)10-16-14(3,4)5/h8,15H,6-7,9-10H2,1-5H3. The van der Waals surface area contributed by atoms with Gasteiger partial charge in [-0.15, -0.1) is 0 Å². The van der Waals surface area contributed by atoms with Crippen molar-refractivity contribution in [1.29, 1.82) is 0 Å². The summed E-state index contributed by atoms with van der Waals surface area (Å²) in [6.45, 7) is 12.7. The first kappa shape index (κ1) is 14.3. The third-order valence-corrected chi connectivity index (χ3v) is 2.43. The van der Waals surface area contributed by atoms with Gasteiger partial charge in [0.1, 0.15) is 18.1 Å². The summed E-state index contributed by atoms with van der Waals surface area (Å²) in [5, 5.41) is 3.34. The lowest BCUT2D eigenvalue weighted by molar-refractivity contribution is -0.0227. The molecular weight excluding hydrogens is 214 g/mol. The van der Waals surface area contributed by atoms with Crippen molar-refractivity contribution >= 4 is 0 Å². The molecule has 1 rings (SSSR count). The van der Waals surface area contributed by atoms with Crippen LogP contribution in [0.4, 0.5) is 0 Å². The van der Waals surface area contributed by atoms with Crippen LogP contribution in [0.15, 0.2) is 10.5 Å². The molecule has 3 nitrogen and oxygen atoms in total. The minimum absolute atomic E-state index is 0.124. The maximum atomic E-state index is 5.77. The van der Waals surface area contributed by atoms with E-state index in [0.29, 0.717) is 6.61 Å². The summed E-state index contributed by atoms with van der Waals surface area (Å²) in [6.07, 6.45) is 1.14. The molecule has 0 bridgehead atoms. The summed E-state index contributed by atoms with van der Waals surface area (Å²) in [6, 6.07) is 2.06. The molecule has 98 valence electrons. The van der Waals surface area contributed by atoms with E-state index in [2.05, 4.69) is 25.2 Å². The third kappa shape index (κ3) is 5.37. The molecule has 0 aliphatic rings. The summed E-state index contributed by atoms with van der Waals surface area (Å²) in [5.74, 6) is 1.93. The number of ether oxygens (including phenoxy) is 1. The van der Waals surface area contributed by atoms with Gasteiger partial charge >= 0.3 is 0 Å². The summed E-state index contributed by atoms with van der Waals surface area (Å²) >= 11 is 0. The molecule has 1 N–H and O–H groups in total. The fraction of sp³-hybridized carbons (Fsp3) is 0.714. The van der Waals surface area contributed by atoms with Crippen molar-refractivity contribution in [2.24, 2.45) is 0 Å². The van der Waals surface area contributed by atoms with E-state index >= 15 is 0 Å². The summed E-state index contributed by atoms with van der Waals surface area (Å²) < 4.78 is 11.5. The topological polar surface area (TPSA) is 34.4 Å². The molecule has 1 heterocycles. The Balaban J connectivity index is 2.49. The van der Waals surface area contributed by atoms with E-state index < -0.39 is 0 Å². The van der Waals surface area contributed by atoms with Crippen LogP contribution in [0, 0.1) is 6.92 Å². The SMILES string of the molecule is CCCNCc1oc(COC(C)(C)C)cc1C. The van der Waals surface area contributed by atoms with E-state index in [1.165, 1.54) is 5.56 Å². The first-order valence-electron chi connectivity index (χ1n) is 6.35. The molecule has 0 atom stereocenters. The molecule has 1 aromatic heterocycles. The molecule has 0 spiro atoms. The molecular formula is C14H25NO2. The Morgan fingerprint density at radius 1 is 1.35 bits per heavy atom. The lowest BCUT2D eigenvalue weighted by atomic mass is 10.2. The predicted molar refractivity (Wildman–Crippen MR) is 70.0 cm³/mol. The number of nitrogens with one attached hydrogen (secondary N) is 1. The number of aryl methyl sites for hydroxylation is 1. The van der Waals surface area contributed by atoms with Gasteiger partial charge < -0.3 is 14.5 Å². The van der Waals surface area contributed by atoms with Crippen LogP contribution in [-0.2, 0) is 17.9 Å². The van der Waals surface area contributed by atoms with Crippen LogP contribution in [0.5, 0.6) is 0 Å². The molecule has 0 aliphatic carbocycles. The van der Waals surface area contributed by atoms with Crippen LogP contribution in [-0.4, -0.2) is 12.1 Å². The Morgan fingerprint density at radius 3 is 2.65 bits per heavy atom. The Kier molecular flexibility index (Phi) is 5.22. The van der Waals surface area contributed by atoms with Crippen molar-refractivity contribution in [2.75, 3.05) is 6.54 Å². The molecule has 0 saturated carbocycles. The normalized spacial score (nSPS) is 12.1. The summed E-state index contributed by atoms with van der Waals surface area (Å²) in [7, 11) is 0. The fourth-order valence-corrected chi connectivity index (χ4v) is 1.50. The van der Waals surface area contributed by atoms with Gasteiger partial charge in [0.15, 0.2) is 0 Å². The lowest BCUT2D eigenvalue weighted by Crippen LogP contribution is -2.18. The van der Waals surface area contributed by atoms with E-state index in [1.807, 2.05) is 20.8 Å². The van der Waals surface area contributed by atoms with Crippen molar-refractivity contribution < 1.29 is 9.15 Å². The van der Waals surface area contributed by atoms with Crippen molar-refractivity contribution in [3.63, 3.8) is 0 Å². The van der Waals surface area contributed by atoms with Crippen molar-refractivity contribution in [3.05, 3.63) is 23.2 Å². The van der Waals surface area contributed by atoms with E-state index in [4.69, 9.17) is 9.15 Å². The maximum Gasteiger partial charge on any atom is 0.130 e. The maximum absolute atomic E-state index is 5.77. The van der Waals surface area contributed by atoms with Crippen LogP contribution in [0.2, 0.25) is 0 Å². The van der Waals surface area contributed by atoms with Gasteiger partial charge in [-0.25, -0.2) is 0 Å². The Labute approximate surface area is 105 Å². The molecule has 0 amide bonds. The predicted octanol–water partition coefficient (Wildman–Crippen LogP) is 3.40. The highest BCUT2D eigenvalue weighted by molar-refractivity contribution is 5.19. The highest BCUT2D eigenvalue weighted by Gasteiger charge is 2.13. The van der Waals surface area contributed by atoms with Gasteiger partial charge in [0, 0.05) is 0 Å². The van der Waals surface area contributed by atoms with E-state index in [1.54, 1.807) is 0 Å². The van der Waals surface area contributed by atoms with Crippen LogP contribution in [0.1, 0.15) is 51.2 Å². The zero-order chi connectivity index (χ0) is 12.9. The van der Waals surface area contributed by atoms with Crippen LogP contribution >= 0.6 is 0 Å². The molecule has 0 aromatic carbocycles. The third-order valence-electron chi connectivity index (χ3n) is 2.43. The van der Waals surface area contributed by atoms with Gasteiger partial charge in [-0.05, 0) is 52.3 Å². The number of hydrogen-bond acceptors (Lipinski definition) is 3. The van der Waals surface area contributed by atoms with Gasteiger partial charge in [-0.1, -0.05) is 6.92 Å². The van der Waals surface area contributed by atoms with Gasteiger partial charge in [-0.2, -0.15) is 0 Å². The summed E-state index contributed by atoms with van der Waals surface area (Å²) in [5.41, 5.74) is 1.07. The average molecular weight is 239 g/mol. The van der Waals surface area contributed by atoms with Crippen molar-refractivity contribution in [3.8, 4) is 0 Å². The van der Waals surface area contributed by atoms with Crippen molar-refractivity contribution in [2.45, 2.75) is 59.8 Å². The quantitative estimate of drug-likeness (QED) is 0.773. The molecule has 17 heavy (non-hydrogen) atoms. The van der Waals surface area contributed by atoms with Crippen LogP contribution in [0.3, 0.4) is 0 Å². The van der Waals surface area contributed by atoms with E-state index in [0.717, 1.165) is 31.0 Å². The lowest BCUT2D eigenvalue weighted by Gasteiger charge is -2.18. The Bertz CT molecular complexity index is 336. The highest BCUT2D eigenvalue weighted by Crippen LogP contribution is 2.18. The fourth-order valence-electron chi connectivity index (χ4n) is 1.50. The number of hydrogen-bond donors (Lipinski definition) is 1. The average Bonchev–Trinajstić information content (AvgIpc) is 2.56. The van der Waals surface area contributed by atoms with Gasteiger partial charge in [0.05, 0.1) is 12.1 Å². The Hall–Kier alpha value is -0.800. The molecule has 0 unspecified atom stereocenters. The molecule has 0 saturated heterocycles. The highest BCUT2D eigenvalue weighted by atomic mass is 16.5. The van der Waals surface area contributed by atoms with E-state index in [-0.39, 0.29) is 5.60 Å². The second-order valence-electron chi connectivity index (χ2n) is 5.40. The van der Waals surface area contributed by atoms with Crippen molar-refractivity contribution in [1.82, 2.24) is 5.32 Å². The Morgan fingerprint density at radius 2 is 2.06 bits per heavy atom. The zero-order valence-corrected chi connectivity index (χ0v) is 11.7. The second-order valence-corrected chi connectivity index (χ2v) is 5.40. The van der Waals surface area contributed by atoms with Gasteiger partial charge in [-0.3, -0.25) is 0 Å². The van der Waals surface area contributed by atoms with Gasteiger partial charge in [0.2, 0.25) is 0 Å². The molecule has 1 aromatic rings. The zero-order valence-electron chi connectivity index (χ0n) is 11.7. The molecule has 3 heteroatoms. The molecule has 0 aliphatic heterocycles. The largest absolute Gasteiger partial charge is 0.462 e. The minimum Gasteiger partial charge on any atom is -0.462 e.